The first-order chi connectivity index (χ1) is 9.36. The molecule has 2 heterocycles. The van der Waals surface area contributed by atoms with E-state index in [9.17, 15) is 32.2 Å². The van der Waals surface area contributed by atoms with Crippen molar-refractivity contribution in [3.63, 3.8) is 0 Å². The van der Waals surface area contributed by atoms with E-state index in [-0.39, 0.29) is 0 Å². The summed E-state index contributed by atoms with van der Waals surface area (Å²) in [7, 11) is -10.8. The van der Waals surface area contributed by atoms with E-state index in [1.807, 2.05) is 0 Å². The van der Waals surface area contributed by atoms with Crippen molar-refractivity contribution in [2.75, 3.05) is 6.61 Å². The second kappa shape index (κ2) is 4.77. The summed E-state index contributed by atoms with van der Waals surface area (Å²) < 4.78 is 61.2. The molecule has 6 N–H and O–H groups in total. The summed E-state index contributed by atoms with van der Waals surface area (Å²) in [6, 6.07) is 0. The van der Waals surface area contributed by atoms with E-state index >= 15 is 0 Å². The molecule has 2 rings (SSSR count). The van der Waals surface area contributed by atoms with Crippen molar-refractivity contribution in [2.24, 2.45) is 5.73 Å². The normalized spacial score (nSPS) is 49.1. The molecule has 0 amide bonds. The molecule has 0 bridgehead atoms. The Morgan fingerprint density at radius 1 is 1.10 bits per heavy atom. The molecule has 0 aromatic rings. The van der Waals surface area contributed by atoms with Gasteiger partial charge in [0, 0.05) is 0 Å². The highest BCUT2D eigenvalue weighted by molar-refractivity contribution is 7.95. The first kappa shape index (κ1) is 16.9. The summed E-state index contributed by atoms with van der Waals surface area (Å²) in [5.41, 5.74) is 2.02. The lowest BCUT2D eigenvalue weighted by atomic mass is 9.93. The fourth-order valence-corrected chi connectivity index (χ4v) is 3.81. The van der Waals surface area contributed by atoms with Crippen molar-refractivity contribution in [3.8, 4) is 0 Å². The predicted octanol–water partition coefficient (Wildman–Crippen LogP) is -5.05. The fraction of sp³-hybridized carbons (Fsp3) is 1.00. The average Bonchev–Trinajstić information content (AvgIpc) is 2.34. The van der Waals surface area contributed by atoms with Crippen LogP contribution in [0.15, 0.2) is 0 Å². The maximum atomic E-state index is 11.3. The molecule has 2 aliphatic rings. The molecule has 0 aromatic heterocycles. The molecule has 0 spiro atoms. The van der Waals surface area contributed by atoms with E-state index in [0.717, 1.165) is 0 Å². The highest BCUT2D eigenvalue weighted by Gasteiger charge is 2.70. The number of hydrogen-bond acceptors (Lipinski definition) is 13. The molecule has 0 unspecified atom stereocenters. The van der Waals surface area contributed by atoms with Crippen LogP contribution in [0, 0.1) is 0 Å². The van der Waals surface area contributed by atoms with Crippen LogP contribution in [0.2, 0.25) is 0 Å². The largest absolute Gasteiger partial charge is 0.421 e. The van der Waals surface area contributed by atoms with Crippen molar-refractivity contribution in [3.05, 3.63) is 0 Å². The Hall–Kier alpha value is -0.460. The summed E-state index contributed by atoms with van der Waals surface area (Å²) >= 11 is 0. The van der Waals surface area contributed by atoms with Gasteiger partial charge in [-0.3, -0.25) is 5.73 Å². The first-order valence-corrected chi connectivity index (χ1v) is 7.81. The molecular formula is C6H11NO12S2. The Morgan fingerprint density at radius 3 is 2.14 bits per heavy atom. The van der Waals surface area contributed by atoms with Crippen molar-refractivity contribution in [1.82, 2.24) is 0 Å². The zero-order chi connectivity index (χ0) is 16.3. The smallest absolute Gasteiger partial charge is 0.394 e. The van der Waals surface area contributed by atoms with Gasteiger partial charge in [-0.2, -0.15) is 21.0 Å². The first-order valence-electron chi connectivity index (χ1n) is 5.14. The molecule has 2 saturated heterocycles. The van der Waals surface area contributed by atoms with Crippen molar-refractivity contribution in [2.45, 2.75) is 30.0 Å². The summed E-state index contributed by atoms with van der Waals surface area (Å²) in [6.07, 6.45) is -6.23. The van der Waals surface area contributed by atoms with Crippen molar-refractivity contribution < 1.29 is 54.0 Å². The lowest BCUT2D eigenvalue weighted by molar-refractivity contribution is -0.447. The number of ether oxygens (including phenoxy) is 1. The summed E-state index contributed by atoms with van der Waals surface area (Å²) in [6.45, 7) is -1.01. The van der Waals surface area contributed by atoms with Crippen molar-refractivity contribution >= 4 is 20.8 Å². The van der Waals surface area contributed by atoms with Gasteiger partial charge in [-0.15, -0.1) is 3.63 Å². The number of nitrogens with two attached hydrogens (primary N) is 1. The van der Waals surface area contributed by atoms with Gasteiger partial charge in [0.1, 0.15) is 18.3 Å². The maximum absolute atomic E-state index is 11.3. The molecule has 5 atom stereocenters. The van der Waals surface area contributed by atoms with E-state index in [2.05, 4.69) is 16.7 Å². The lowest BCUT2D eigenvalue weighted by Crippen LogP contribution is -2.78. The Morgan fingerprint density at radius 2 is 1.62 bits per heavy atom. The number of fused-ring (bicyclic) bond motifs is 1. The Kier molecular flexibility index (Phi) is 3.84. The maximum Gasteiger partial charge on any atom is 0.421 e. The monoisotopic (exact) mass is 353 g/mol. The second-order valence-corrected chi connectivity index (χ2v) is 6.71. The zero-order valence-electron chi connectivity index (χ0n) is 9.89. The van der Waals surface area contributed by atoms with E-state index in [1.54, 1.807) is 0 Å². The van der Waals surface area contributed by atoms with Gasteiger partial charge in [-0.05, 0) is 0 Å². The van der Waals surface area contributed by atoms with Gasteiger partial charge in [0.15, 0.2) is 0 Å². The quantitative estimate of drug-likeness (QED) is 0.299. The third-order valence-electron chi connectivity index (χ3n) is 2.75. The minimum absolute atomic E-state index is 1.01. The van der Waals surface area contributed by atoms with E-state index in [4.69, 9.17) is 10.8 Å². The molecule has 0 radical (unpaired) electrons. The molecule has 0 aromatic carbocycles. The Bertz CT molecular complexity index is 630. The molecular weight excluding hydrogens is 342 g/mol. The molecule has 124 valence electrons. The van der Waals surface area contributed by atoms with Crippen LogP contribution in [0.3, 0.4) is 0 Å². The van der Waals surface area contributed by atoms with Gasteiger partial charge in [-0.1, -0.05) is 0 Å². The third kappa shape index (κ3) is 2.66. The molecule has 13 nitrogen and oxygen atoms in total. The average molecular weight is 353 g/mol. The Balaban J connectivity index is 2.61. The number of aliphatic hydroxyl groups is 4. The molecule has 0 saturated carbocycles. The molecule has 2 aliphatic heterocycles. The zero-order valence-corrected chi connectivity index (χ0v) is 11.5. The van der Waals surface area contributed by atoms with E-state index in [1.165, 1.54) is 0 Å². The highest BCUT2D eigenvalue weighted by Crippen LogP contribution is 2.41. The lowest BCUT2D eigenvalue weighted by Gasteiger charge is -2.48. The number of rotatable bonds is 1. The minimum atomic E-state index is -5.41. The van der Waals surface area contributed by atoms with Crippen LogP contribution >= 0.6 is 0 Å². The van der Waals surface area contributed by atoms with Gasteiger partial charge >= 0.3 is 26.8 Å². The molecule has 2 fully saturated rings. The summed E-state index contributed by atoms with van der Waals surface area (Å²) in [5, 5.41) is 38.3. The number of hydrogen-bond donors (Lipinski definition) is 5. The third-order valence-corrected chi connectivity index (χ3v) is 4.99. The highest BCUT2D eigenvalue weighted by atomic mass is 32.3. The summed E-state index contributed by atoms with van der Waals surface area (Å²) in [5.74, 6) is -3.60. The van der Waals surface area contributed by atoms with Crippen LogP contribution in [0.4, 0.5) is 0 Å². The Labute approximate surface area is 118 Å². The van der Waals surface area contributed by atoms with Gasteiger partial charge in [0.25, 0.3) is 0 Å². The van der Waals surface area contributed by atoms with Crippen LogP contribution in [0.25, 0.3) is 0 Å². The van der Waals surface area contributed by atoms with E-state index < -0.39 is 57.4 Å². The van der Waals surface area contributed by atoms with Crippen LogP contribution in [-0.2, 0) is 37.5 Å². The van der Waals surface area contributed by atoms with Crippen LogP contribution in [-0.4, -0.2) is 73.9 Å². The van der Waals surface area contributed by atoms with Crippen LogP contribution < -0.4 is 5.73 Å². The summed E-state index contributed by atoms with van der Waals surface area (Å²) in [4.78, 5) is 0. The SMILES string of the molecule is N[C@@]12OS(=O)(=O)OS(=O)(=O)O[C@]1(O)O[C@H](CO)[C@@H](O)[C@@H]2O. The molecule has 15 heteroatoms. The van der Waals surface area contributed by atoms with Gasteiger partial charge in [-0.25, -0.2) is 4.18 Å². The van der Waals surface area contributed by atoms with Gasteiger partial charge in [0.05, 0.1) is 6.61 Å². The molecule has 21 heavy (non-hydrogen) atoms. The standard InChI is InChI=1S/C6H11NO12S2/c7-5-4(10)3(9)2(1-8)16-6(5,11)18-21(14,15)19-20(12,13)17-5/h2-4,8-11H,1,7H2/t2-,3-,4+,5+,6-/m1/s1. The van der Waals surface area contributed by atoms with Gasteiger partial charge < -0.3 is 25.2 Å². The van der Waals surface area contributed by atoms with E-state index in [0.29, 0.717) is 0 Å². The van der Waals surface area contributed by atoms with Gasteiger partial charge in [0.2, 0.25) is 5.72 Å². The minimum Gasteiger partial charge on any atom is -0.394 e. The predicted molar refractivity (Wildman–Crippen MR) is 56.9 cm³/mol. The topological polar surface area (TPSA) is 212 Å². The van der Waals surface area contributed by atoms with Crippen LogP contribution in [0.1, 0.15) is 0 Å². The molecule has 0 aliphatic carbocycles. The van der Waals surface area contributed by atoms with Crippen molar-refractivity contribution in [1.29, 1.82) is 0 Å². The number of aliphatic hydroxyl groups excluding tert-OH is 3. The van der Waals surface area contributed by atoms with Crippen LogP contribution in [0.5, 0.6) is 0 Å². The fourth-order valence-electron chi connectivity index (χ4n) is 1.78. The second-order valence-electron chi connectivity index (χ2n) is 4.20.